The van der Waals surface area contributed by atoms with E-state index in [1.807, 2.05) is 0 Å². The minimum absolute atomic E-state index is 0.00724. The molecule has 0 unspecified atom stereocenters. The number of likely N-dealkylation sites (N-methyl/N-ethyl adjacent to an activating group) is 2. The summed E-state index contributed by atoms with van der Waals surface area (Å²) in [5.41, 5.74) is 4.18. The number of fused-ring (bicyclic) bond motifs is 1. The molecule has 2 amide bonds. The van der Waals surface area contributed by atoms with E-state index in [0.29, 0.717) is 23.7 Å². The van der Waals surface area contributed by atoms with Gasteiger partial charge >= 0.3 is 11.8 Å². The van der Waals surface area contributed by atoms with Crippen molar-refractivity contribution in [2.24, 2.45) is 0 Å². The molecule has 2 aliphatic rings. The normalized spacial score (nSPS) is 17.0. The minimum atomic E-state index is -0.735. The van der Waals surface area contributed by atoms with Crippen LogP contribution in [0.15, 0.2) is 36.4 Å². The van der Waals surface area contributed by atoms with E-state index in [-0.39, 0.29) is 6.04 Å². The molecule has 0 radical (unpaired) electrons. The van der Waals surface area contributed by atoms with E-state index in [2.05, 4.69) is 57.6 Å². The van der Waals surface area contributed by atoms with Crippen molar-refractivity contribution in [3.8, 4) is 11.5 Å². The second-order valence-corrected chi connectivity index (χ2v) is 9.15. The number of nitrogens with zero attached hydrogens (tertiary/aromatic N) is 3. The summed E-state index contributed by atoms with van der Waals surface area (Å²) < 4.78 is 10.5. The quantitative estimate of drug-likeness (QED) is 0.583. The highest BCUT2D eigenvalue weighted by atomic mass is 16.5. The summed E-state index contributed by atoms with van der Waals surface area (Å²) in [5, 5.41) is 5.51. The van der Waals surface area contributed by atoms with Crippen molar-refractivity contribution in [1.82, 2.24) is 15.1 Å². The number of methoxy groups -OCH3 is 2. The summed E-state index contributed by atoms with van der Waals surface area (Å²) in [4.78, 5) is 32.4. The zero-order valence-corrected chi connectivity index (χ0v) is 21.0. The summed E-state index contributed by atoms with van der Waals surface area (Å²) in [7, 11) is 7.28. The lowest BCUT2D eigenvalue weighted by Crippen LogP contribution is -2.49. The van der Waals surface area contributed by atoms with Gasteiger partial charge in [0.05, 0.1) is 25.9 Å². The molecule has 1 fully saturated rings. The molecule has 1 atom stereocenters. The van der Waals surface area contributed by atoms with Gasteiger partial charge in [0.2, 0.25) is 0 Å². The molecule has 0 bridgehead atoms. The van der Waals surface area contributed by atoms with Crippen molar-refractivity contribution >= 4 is 23.2 Å². The number of benzene rings is 2. The van der Waals surface area contributed by atoms with Crippen LogP contribution < -0.4 is 25.0 Å². The largest absolute Gasteiger partial charge is 0.497 e. The molecule has 4 rings (SSSR count). The topological polar surface area (TPSA) is 86.4 Å². The lowest BCUT2D eigenvalue weighted by atomic mass is 10.00. The Morgan fingerprint density at radius 1 is 0.943 bits per heavy atom. The first-order valence-corrected chi connectivity index (χ1v) is 12.0. The fraction of sp³-hybridized carbons (Fsp3) is 0.462. The third-order valence-electron chi connectivity index (χ3n) is 6.91. The van der Waals surface area contributed by atoms with Crippen LogP contribution in [0.25, 0.3) is 0 Å². The SMILES string of the molecule is COc1ccc(NC(=O)C(=O)NC[C@H](c2ccc3c(c2)CCN3C)N2CCN(C)CC2)c(OC)c1. The molecule has 9 heteroatoms. The second-order valence-electron chi connectivity index (χ2n) is 9.15. The monoisotopic (exact) mass is 481 g/mol. The molecule has 0 spiro atoms. The van der Waals surface area contributed by atoms with Gasteiger partial charge in [-0.1, -0.05) is 12.1 Å². The van der Waals surface area contributed by atoms with Crippen LogP contribution in [0, 0.1) is 0 Å². The molecule has 0 aliphatic carbocycles. The summed E-state index contributed by atoms with van der Waals surface area (Å²) >= 11 is 0. The van der Waals surface area contributed by atoms with E-state index >= 15 is 0 Å². The molecule has 2 aliphatic heterocycles. The zero-order valence-electron chi connectivity index (χ0n) is 21.0. The predicted molar refractivity (Wildman–Crippen MR) is 136 cm³/mol. The minimum Gasteiger partial charge on any atom is -0.497 e. The second kappa shape index (κ2) is 11.0. The average Bonchev–Trinajstić information content (AvgIpc) is 3.25. The molecule has 35 heavy (non-hydrogen) atoms. The lowest BCUT2D eigenvalue weighted by Gasteiger charge is -2.38. The van der Waals surface area contributed by atoms with Gasteiger partial charge in [-0.2, -0.15) is 0 Å². The van der Waals surface area contributed by atoms with Gasteiger partial charge in [0.25, 0.3) is 0 Å². The number of rotatable bonds is 7. The van der Waals surface area contributed by atoms with Crippen LogP contribution in [-0.4, -0.2) is 89.2 Å². The van der Waals surface area contributed by atoms with E-state index in [9.17, 15) is 9.59 Å². The van der Waals surface area contributed by atoms with Crippen molar-refractivity contribution in [1.29, 1.82) is 0 Å². The lowest BCUT2D eigenvalue weighted by molar-refractivity contribution is -0.136. The van der Waals surface area contributed by atoms with E-state index in [4.69, 9.17) is 9.47 Å². The molecule has 1 saturated heterocycles. The molecule has 2 aromatic carbocycles. The molecular weight excluding hydrogens is 446 g/mol. The zero-order chi connectivity index (χ0) is 24.9. The molecule has 188 valence electrons. The van der Waals surface area contributed by atoms with Crippen LogP contribution in [-0.2, 0) is 16.0 Å². The van der Waals surface area contributed by atoms with Crippen molar-refractivity contribution in [2.45, 2.75) is 12.5 Å². The maximum atomic E-state index is 12.7. The van der Waals surface area contributed by atoms with Gasteiger partial charge in [0.1, 0.15) is 11.5 Å². The fourth-order valence-corrected chi connectivity index (χ4v) is 4.74. The van der Waals surface area contributed by atoms with E-state index < -0.39 is 11.8 Å². The molecule has 9 nitrogen and oxygen atoms in total. The number of anilines is 2. The van der Waals surface area contributed by atoms with Crippen molar-refractivity contribution in [3.05, 3.63) is 47.5 Å². The Morgan fingerprint density at radius 3 is 2.43 bits per heavy atom. The number of nitrogens with one attached hydrogen (secondary N) is 2. The number of carbonyl (C=O) groups is 2. The van der Waals surface area contributed by atoms with Crippen molar-refractivity contribution < 1.29 is 19.1 Å². The maximum Gasteiger partial charge on any atom is 0.313 e. The van der Waals surface area contributed by atoms with Crippen LogP contribution in [0.4, 0.5) is 11.4 Å². The highest BCUT2D eigenvalue weighted by Gasteiger charge is 2.27. The number of piperazine rings is 1. The molecule has 2 aromatic rings. The van der Waals surface area contributed by atoms with Crippen molar-refractivity contribution in [3.63, 3.8) is 0 Å². The highest BCUT2D eigenvalue weighted by Crippen LogP contribution is 2.32. The molecule has 2 N–H and O–H groups in total. The summed E-state index contributed by atoms with van der Waals surface area (Å²) in [6.07, 6.45) is 1.02. The summed E-state index contributed by atoms with van der Waals surface area (Å²) in [6.45, 7) is 5.12. The van der Waals surface area contributed by atoms with Crippen LogP contribution in [0.2, 0.25) is 0 Å². The van der Waals surface area contributed by atoms with Crippen LogP contribution in [0.1, 0.15) is 17.2 Å². The number of carbonyl (C=O) groups excluding carboxylic acids is 2. The van der Waals surface area contributed by atoms with Crippen LogP contribution in [0.5, 0.6) is 11.5 Å². The standard InChI is InChI=1S/C26H35N5O4/c1-29-11-13-31(14-12-29)23(18-5-8-22-19(15-18)9-10-30(22)2)17-27-25(32)26(33)28-21-7-6-20(34-3)16-24(21)35-4/h5-8,15-16,23H,9-14,17H2,1-4H3,(H,27,32)(H,28,33)/t23-/m1/s1. The third kappa shape index (κ3) is 5.68. The third-order valence-corrected chi connectivity index (χ3v) is 6.91. The first-order valence-electron chi connectivity index (χ1n) is 12.0. The van der Waals surface area contributed by atoms with Gasteiger partial charge in [-0.25, -0.2) is 0 Å². The Hall–Kier alpha value is -3.30. The first-order chi connectivity index (χ1) is 16.9. The van der Waals surface area contributed by atoms with Gasteiger partial charge in [0, 0.05) is 58.1 Å². The van der Waals surface area contributed by atoms with E-state index in [0.717, 1.165) is 39.1 Å². The Balaban J connectivity index is 1.45. The molecular formula is C26H35N5O4. The summed E-state index contributed by atoms with van der Waals surface area (Å²) in [5.74, 6) is -0.396. The molecule has 2 heterocycles. The smallest absolute Gasteiger partial charge is 0.313 e. The average molecular weight is 482 g/mol. The number of ether oxygens (including phenoxy) is 2. The Bertz CT molecular complexity index is 1070. The number of hydrogen-bond acceptors (Lipinski definition) is 7. The first kappa shape index (κ1) is 24.8. The number of amides is 2. The summed E-state index contributed by atoms with van der Waals surface area (Å²) in [6, 6.07) is 11.6. The Labute approximate surface area is 207 Å². The number of hydrogen-bond donors (Lipinski definition) is 2. The fourth-order valence-electron chi connectivity index (χ4n) is 4.74. The van der Waals surface area contributed by atoms with Gasteiger partial charge in [-0.15, -0.1) is 0 Å². The van der Waals surface area contributed by atoms with E-state index in [1.165, 1.54) is 23.9 Å². The van der Waals surface area contributed by atoms with Gasteiger partial charge in [-0.05, 0) is 42.8 Å². The highest BCUT2D eigenvalue weighted by molar-refractivity contribution is 6.39. The van der Waals surface area contributed by atoms with E-state index in [1.54, 1.807) is 25.3 Å². The Morgan fingerprint density at radius 2 is 1.71 bits per heavy atom. The van der Waals surface area contributed by atoms with Gasteiger partial charge in [-0.3, -0.25) is 14.5 Å². The van der Waals surface area contributed by atoms with Crippen molar-refractivity contribution in [2.75, 3.05) is 77.8 Å². The maximum absolute atomic E-state index is 12.7. The van der Waals surface area contributed by atoms with Crippen LogP contribution >= 0.6 is 0 Å². The molecule has 0 aromatic heterocycles. The van der Waals surface area contributed by atoms with Gasteiger partial charge in [0.15, 0.2) is 0 Å². The predicted octanol–water partition coefficient (Wildman–Crippen LogP) is 1.74. The van der Waals surface area contributed by atoms with Gasteiger partial charge < -0.3 is 29.9 Å². The Kier molecular flexibility index (Phi) is 7.77. The van der Waals surface area contributed by atoms with Crippen LogP contribution in [0.3, 0.4) is 0 Å². The molecule has 0 saturated carbocycles.